The second-order valence-corrected chi connectivity index (χ2v) is 5.12. The molecule has 1 aromatic heterocycles. The minimum Gasteiger partial charge on any atom is -0.480 e. The van der Waals surface area contributed by atoms with Gasteiger partial charge in [0.15, 0.2) is 0 Å². The summed E-state index contributed by atoms with van der Waals surface area (Å²) in [6.45, 7) is 2.71. The topological polar surface area (TPSA) is 82.5 Å². The predicted molar refractivity (Wildman–Crippen MR) is 73.0 cm³/mol. The van der Waals surface area contributed by atoms with E-state index in [1.54, 1.807) is 18.5 Å². The lowest BCUT2D eigenvalue weighted by molar-refractivity contribution is -0.145. The molecule has 0 aromatic carbocycles. The first-order valence-electron chi connectivity index (χ1n) is 6.76. The van der Waals surface area contributed by atoms with Gasteiger partial charge < -0.3 is 15.3 Å². The number of piperidine rings is 1. The predicted octanol–water partition coefficient (Wildman–Crippen LogP) is 1.48. The highest BCUT2D eigenvalue weighted by atomic mass is 16.4. The maximum atomic E-state index is 12.2. The highest BCUT2D eigenvalue weighted by molar-refractivity contribution is 5.83. The molecule has 2 heterocycles. The summed E-state index contributed by atoms with van der Waals surface area (Å²) in [6.07, 6.45) is 5.01. The maximum absolute atomic E-state index is 12.2. The molecule has 1 saturated heterocycles. The van der Waals surface area contributed by atoms with Crippen LogP contribution >= 0.6 is 0 Å². The molecule has 2 N–H and O–H groups in total. The maximum Gasteiger partial charge on any atom is 0.326 e. The Hall–Kier alpha value is -2.11. The van der Waals surface area contributed by atoms with Gasteiger partial charge in [-0.25, -0.2) is 9.59 Å². The molecule has 108 valence electrons. The van der Waals surface area contributed by atoms with Gasteiger partial charge in [0.25, 0.3) is 0 Å². The third-order valence-corrected chi connectivity index (χ3v) is 3.61. The summed E-state index contributed by atoms with van der Waals surface area (Å²) in [6, 6.07) is 2.59. The molecule has 1 aliphatic rings. The first-order chi connectivity index (χ1) is 9.59. The van der Waals surface area contributed by atoms with Gasteiger partial charge in [0.05, 0.1) is 0 Å². The van der Waals surface area contributed by atoms with Crippen molar-refractivity contribution in [1.29, 1.82) is 0 Å². The van der Waals surface area contributed by atoms with Gasteiger partial charge in [0.2, 0.25) is 0 Å². The molecule has 2 unspecified atom stereocenters. The average molecular weight is 277 g/mol. The van der Waals surface area contributed by atoms with Crippen molar-refractivity contribution < 1.29 is 14.7 Å². The third-order valence-electron chi connectivity index (χ3n) is 3.61. The Balaban J connectivity index is 1.98. The number of carboxylic acid groups (broad SMARTS) is 1. The van der Waals surface area contributed by atoms with E-state index in [1.807, 2.05) is 13.0 Å². The Labute approximate surface area is 117 Å². The van der Waals surface area contributed by atoms with Crippen LogP contribution in [0.25, 0.3) is 0 Å². The van der Waals surface area contributed by atoms with Crippen molar-refractivity contribution >= 4 is 12.0 Å². The third kappa shape index (κ3) is 3.26. The highest BCUT2D eigenvalue weighted by Crippen LogP contribution is 2.23. The number of hydrogen-bond donors (Lipinski definition) is 2. The lowest BCUT2D eigenvalue weighted by Crippen LogP contribution is -2.54. The standard InChI is InChI=1S/C14H19N3O3/c1-10-4-3-7-17(12(10)13(18)19)14(20)16-9-11-5-2-6-15-8-11/h2,5-6,8,10,12H,3-4,7,9H2,1H3,(H,16,20)(H,18,19). The number of likely N-dealkylation sites (tertiary alicyclic amines) is 1. The van der Waals surface area contributed by atoms with E-state index < -0.39 is 12.0 Å². The average Bonchev–Trinajstić information content (AvgIpc) is 2.45. The van der Waals surface area contributed by atoms with Crippen molar-refractivity contribution in [2.24, 2.45) is 5.92 Å². The van der Waals surface area contributed by atoms with E-state index in [9.17, 15) is 14.7 Å². The number of hydrogen-bond acceptors (Lipinski definition) is 3. The van der Waals surface area contributed by atoms with E-state index in [1.165, 1.54) is 4.90 Å². The summed E-state index contributed by atoms with van der Waals surface area (Å²) in [5.41, 5.74) is 0.887. The lowest BCUT2D eigenvalue weighted by Gasteiger charge is -2.37. The first kappa shape index (κ1) is 14.3. The van der Waals surface area contributed by atoms with Crippen LogP contribution in [-0.2, 0) is 11.3 Å². The van der Waals surface area contributed by atoms with Crippen molar-refractivity contribution in [2.45, 2.75) is 32.4 Å². The van der Waals surface area contributed by atoms with Gasteiger partial charge in [-0.3, -0.25) is 4.98 Å². The number of aliphatic carboxylic acids is 1. The minimum atomic E-state index is -0.936. The Morgan fingerprint density at radius 1 is 1.55 bits per heavy atom. The zero-order chi connectivity index (χ0) is 14.5. The van der Waals surface area contributed by atoms with Crippen LogP contribution in [0.5, 0.6) is 0 Å². The van der Waals surface area contributed by atoms with Crippen molar-refractivity contribution in [3.63, 3.8) is 0 Å². The number of carbonyl (C=O) groups excluding carboxylic acids is 1. The number of nitrogens with zero attached hydrogens (tertiary/aromatic N) is 2. The molecular weight excluding hydrogens is 258 g/mol. The van der Waals surface area contributed by atoms with Crippen molar-refractivity contribution in [1.82, 2.24) is 15.2 Å². The molecule has 0 saturated carbocycles. The smallest absolute Gasteiger partial charge is 0.326 e. The number of carboxylic acids is 1. The number of aromatic nitrogens is 1. The summed E-state index contributed by atoms with van der Waals surface area (Å²) >= 11 is 0. The van der Waals surface area contributed by atoms with Gasteiger partial charge in [-0.1, -0.05) is 13.0 Å². The molecule has 6 nitrogen and oxygen atoms in total. The van der Waals surface area contributed by atoms with E-state index in [0.717, 1.165) is 18.4 Å². The van der Waals surface area contributed by atoms with Crippen LogP contribution < -0.4 is 5.32 Å². The molecule has 1 aliphatic heterocycles. The minimum absolute atomic E-state index is 0.0228. The van der Waals surface area contributed by atoms with Gasteiger partial charge in [-0.05, 0) is 30.4 Å². The van der Waals surface area contributed by atoms with Crippen molar-refractivity contribution in [2.75, 3.05) is 6.54 Å². The van der Waals surface area contributed by atoms with Crippen LogP contribution in [0.15, 0.2) is 24.5 Å². The zero-order valence-electron chi connectivity index (χ0n) is 11.5. The first-order valence-corrected chi connectivity index (χ1v) is 6.76. The van der Waals surface area contributed by atoms with Crippen LogP contribution in [0.1, 0.15) is 25.3 Å². The van der Waals surface area contributed by atoms with Crippen molar-refractivity contribution in [3.8, 4) is 0 Å². The second kappa shape index (κ2) is 6.36. The van der Waals surface area contributed by atoms with E-state index in [2.05, 4.69) is 10.3 Å². The molecule has 1 fully saturated rings. The van der Waals surface area contributed by atoms with Crippen LogP contribution in [0.2, 0.25) is 0 Å². The van der Waals surface area contributed by atoms with Gasteiger partial charge in [-0.15, -0.1) is 0 Å². The fourth-order valence-corrected chi connectivity index (χ4v) is 2.57. The van der Waals surface area contributed by atoms with Gasteiger partial charge >= 0.3 is 12.0 Å². The molecule has 20 heavy (non-hydrogen) atoms. The summed E-state index contributed by atoms with van der Waals surface area (Å²) < 4.78 is 0. The van der Waals surface area contributed by atoms with E-state index in [0.29, 0.717) is 13.1 Å². The monoisotopic (exact) mass is 277 g/mol. The van der Waals surface area contributed by atoms with Gasteiger partial charge in [0.1, 0.15) is 6.04 Å². The molecule has 0 bridgehead atoms. The largest absolute Gasteiger partial charge is 0.480 e. The molecule has 0 radical (unpaired) electrons. The fraction of sp³-hybridized carbons (Fsp3) is 0.500. The molecule has 6 heteroatoms. The molecule has 2 atom stereocenters. The summed E-state index contributed by atoms with van der Waals surface area (Å²) in [7, 11) is 0. The number of amides is 2. The molecule has 0 aliphatic carbocycles. The fourth-order valence-electron chi connectivity index (χ4n) is 2.57. The van der Waals surface area contributed by atoms with Crippen LogP contribution in [0.3, 0.4) is 0 Å². The van der Waals surface area contributed by atoms with Crippen LogP contribution in [0, 0.1) is 5.92 Å². The Kier molecular flexibility index (Phi) is 4.55. The van der Waals surface area contributed by atoms with Gasteiger partial charge in [0, 0.05) is 25.5 Å². The molecular formula is C14H19N3O3. The zero-order valence-corrected chi connectivity index (χ0v) is 11.5. The van der Waals surface area contributed by atoms with E-state index in [-0.39, 0.29) is 11.9 Å². The molecule has 2 rings (SSSR count). The number of rotatable bonds is 3. The van der Waals surface area contributed by atoms with Gasteiger partial charge in [-0.2, -0.15) is 0 Å². The molecule has 1 aromatic rings. The quantitative estimate of drug-likeness (QED) is 0.876. The SMILES string of the molecule is CC1CCCN(C(=O)NCc2cccnc2)C1C(=O)O. The number of nitrogens with one attached hydrogen (secondary N) is 1. The summed E-state index contributed by atoms with van der Waals surface area (Å²) in [5.74, 6) is -0.959. The number of urea groups is 1. The summed E-state index contributed by atoms with van der Waals surface area (Å²) in [4.78, 5) is 28.9. The normalized spacial score (nSPS) is 22.4. The molecule has 0 spiro atoms. The Bertz CT molecular complexity index is 478. The Morgan fingerprint density at radius 2 is 2.35 bits per heavy atom. The van der Waals surface area contributed by atoms with E-state index >= 15 is 0 Å². The summed E-state index contributed by atoms with van der Waals surface area (Å²) in [5, 5.41) is 12.0. The molecule has 2 amide bonds. The Morgan fingerprint density at radius 3 is 3.00 bits per heavy atom. The number of pyridine rings is 1. The van der Waals surface area contributed by atoms with E-state index in [4.69, 9.17) is 0 Å². The number of carbonyl (C=O) groups is 2. The van der Waals surface area contributed by atoms with Crippen LogP contribution in [0.4, 0.5) is 4.79 Å². The second-order valence-electron chi connectivity index (χ2n) is 5.12. The van der Waals surface area contributed by atoms with Crippen LogP contribution in [-0.4, -0.2) is 39.6 Å². The lowest BCUT2D eigenvalue weighted by atomic mass is 9.91. The highest BCUT2D eigenvalue weighted by Gasteiger charge is 2.36. The van der Waals surface area contributed by atoms with Crippen molar-refractivity contribution in [3.05, 3.63) is 30.1 Å².